The molecule has 4 rings (SSSR count). The summed E-state index contributed by atoms with van der Waals surface area (Å²) in [6.45, 7) is 3.21. The Kier molecular flexibility index (Phi) is 5.02. The Hall–Kier alpha value is -1.11. The van der Waals surface area contributed by atoms with Gasteiger partial charge in [0.25, 0.3) is 0 Å². The van der Waals surface area contributed by atoms with Crippen LogP contribution in [0.15, 0.2) is 18.2 Å². The maximum Gasteiger partial charge on any atom is 0.215 e. The van der Waals surface area contributed by atoms with Crippen molar-refractivity contribution in [3.05, 3.63) is 29.3 Å². The fourth-order valence-electron chi connectivity index (χ4n) is 4.38. The molecule has 1 aromatic rings. The molecule has 1 saturated carbocycles. The van der Waals surface area contributed by atoms with Gasteiger partial charge in [-0.15, -0.1) is 0 Å². The van der Waals surface area contributed by atoms with Crippen LogP contribution in [0.25, 0.3) is 0 Å². The van der Waals surface area contributed by atoms with E-state index in [0.29, 0.717) is 6.54 Å². The standard InChI is InChI=1S/C19H28N2O3S/c22-25(23,20-17-4-1-2-5-17)18-6-3-10-21(14-18)13-15-7-8-19-16(12-15)9-11-24-19/h7-8,12,17-18,20H,1-6,9-11,13-14H2. The van der Waals surface area contributed by atoms with Crippen molar-refractivity contribution in [2.24, 2.45) is 0 Å². The van der Waals surface area contributed by atoms with Crippen LogP contribution in [0.1, 0.15) is 49.7 Å². The van der Waals surface area contributed by atoms with E-state index in [2.05, 4.69) is 27.8 Å². The highest BCUT2D eigenvalue weighted by Gasteiger charge is 2.33. The lowest BCUT2D eigenvalue weighted by molar-refractivity contribution is 0.221. The number of likely N-dealkylation sites (tertiary alicyclic amines) is 1. The number of rotatable bonds is 5. The zero-order chi connectivity index (χ0) is 17.3. The van der Waals surface area contributed by atoms with E-state index in [-0.39, 0.29) is 11.3 Å². The molecule has 0 bridgehead atoms. The summed E-state index contributed by atoms with van der Waals surface area (Å²) in [5, 5.41) is -0.278. The van der Waals surface area contributed by atoms with Gasteiger partial charge < -0.3 is 4.74 Å². The van der Waals surface area contributed by atoms with Crippen molar-refractivity contribution in [2.45, 2.75) is 62.8 Å². The molecule has 3 aliphatic rings. The third-order valence-electron chi connectivity index (χ3n) is 5.75. The third-order valence-corrected chi connectivity index (χ3v) is 7.67. The molecule has 2 aliphatic heterocycles. The summed E-state index contributed by atoms with van der Waals surface area (Å²) in [6, 6.07) is 6.55. The maximum absolute atomic E-state index is 12.7. The second-order valence-electron chi connectivity index (χ2n) is 7.68. The fraction of sp³-hybridized carbons (Fsp3) is 0.684. The lowest BCUT2D eigenvalue weighted by Gasteiger charge is -2.33. The van der Waals surface area contributed by atoms with Gasteiger partial charge in [0, 0.05) is 25.6 Å². The molecule has 0 amide bonds. The second kappa shape index (κ2) is 7.25. The molecule has 6 heteroatoms. The third kappa shape index (κ3) is 4.01. The summed E-state index contributed by atoms with van der Waals surface area (Å²) in [4.78, 5) is 2.29. The summed E-state index contributed by atoms with van der Waals surface area (Å²) >= 11 is 0. The van der Waals surface area contributed by atoms with Gasteiger partial charge in [0.2, 0.25) is 10.0 Å². The molecule has 0 radical (unpaired) electrons. The molecule has 0 spiro atoms. The van der Waals surface area contributed by atoms with E-state index in [1.165, 1.54) is 11.1 Å². The molecule has 5 nitrogen and oxygen atoms in total. The van der Waals surface area contributed by atoms with Crippen LogP contribution in [0.5, 0.6) is 5.75 Å². The second-order valence-corrected chi connectivity index (χ2v) is 9.68. The summed E-state index contributed by atoms with van der Waals surface area (Å²) in [5.41, 5.74) is 2.53. The quantitative estimate of drug-likeness (QED) is 0.872. The highest BCUT2D eigenvalue weighted by molar-refractivity contribution is 7.90. The summed E-state index contributed by atoms with van der Waals surface area (Å²) in [6.07, 6.45) is 6.98. The number of fused-ring (bicyclic) bond motifs is 1. The normalized spacial score (nSPS) is 25.0. The highest BCUT2D eigenvalue weighted by Crippen LogP contribution is 2.27. The minimum Gasteiger partial charge on any atom is -0.493 e. The molecule has 1 aliphatic carbocycles. The Bertz CT molecular complexity index is 713. The van der Waals surface area contributed by atoms with Crippen molar-refractivity contribution in [2.75, 3.05) is 19.7 Å². The largest absolute Gasteiger partial charge is 0.493 e. The van der Waals surface area contributed by atoms with E-state index in [1.807, 2.05) is 0 Å². The zero-order valence-corrected chi connectivity index (χ0v) is 15.6. The smallest absolute Gasteiger partial charge is 0.215 e. The fourth-order valence-corrected chi connectivity index (χ4v) is 6.16. The number of hydrogen-bond donors (Lipinski definition) is 1. The predicted molar refractivity (Wildman–Crippen MR) is 98.3 cm³/mol. The van der Waals surface area contributed by atoms with Crippen LogP contribution in [-0.4, -0.2) is 44.3 Å². The van der Waals surface area contributed by atoms with Gasteiger partial charge in [-0.1, -0.05) is 25.0 Å². The molecule has 1 unspecified atom stereocenters. The van der Waals surface area contributed by atoms with Crippen LogP contribution < -0.4 is 9.46 Å². The van der Waals surface area contributed by atoms with Gasteiger partial charge in [-0.3, -0.25) is 4.90 Å². The predicted octanol–water partition coefficient (Wildman–Crippen LogP) is 2.45. The molecule has 25 heavy (non-hydrogen) atoms. The van der Waals surface area contributed by atoms with Crippen molar-refractivity contribution < 1.29 is 13.2 Å². The van der Waals surface area contributed by atoms with Crippen molar-refractivity contribution in [3.63, 3.8) is 0 Å². The van der Waals surface area contributed by atoms with Crippen molar-refractivity contribution in [1.82, 2.24) is 9.62 Å². The molecule has 1 atom stereocenters. The van der Waals surface area contributed by atoms with E-state index in [4.69, 9.17) is 4.74 Å². The monoisotopic (exact) mass is 364 g/mol. The average Bonchev–Trinajstić information content (AvgIpc) is 3.26. The van der Waals surface area contributed by atoms with Crippen LogP contribution in [0.2, 0.25) is 0 Å². The van der Waals surface area contributed by atoms with Gasteiger partial charge in [-0.05, 0) is 49.4 Å². The zero-order valence-electron chi connectivity index (χ0n) is 14.7. The number of ether oxygens (including phenoxy) is 1. The Morgan fingerprint density at radius 2 is 2.00 bits per heavy atom. The molecule has 2 heterocycles. The van der Waals surface area contributed by atoms with Crippen LogP contribution in [0.4, 0.5) is 0 Å². The van der Waals surface area contributed by atoms with Crippen LogP contribution in [-0.2, 0) is 23.0 Å². The van der Waals surface area contributed by atoms with Crippen LogP contribution in [0.3, 0.4) is 0 Å². The lowest BCUT2D eigenvalue weighted by atomic mass is 10.1. The first-order chi connectivity index (χ1) is 12.1. The Morgan fingerprint density at radius 1 is 1.16 bits per heavy atom. The summed E-state index contributed by atoms with van der Waals surface area (Å²) < 4.78 is 34.0. The van der Waals surface area contributed by atoms with Gasteiger partial charge in [-0.25, -0.2) is 13.1 Å². The number of hydrogen-bond acceptors (Lipinski definition) is 4. The number of sulfonamides is 1. The summed E-state index contributed by atoms with van der Waals surface area (Å²) in [5.74, 6) is 1.00. The SMILES string of the molecule is O=S(=O)(NC1CCCC1)C1CCCN(Cc2ccc3c(c2)CCO3)C1. The average molecular weight is 365 g/mol. The van der Waals surface area contributed by atoms with Gasteiger partial charge in [-0.2, -0.15) is 0 Å². The van der Waals surface area contributed by atoms with Gasteiger partial charge in [0.05, 0.1) is 11.9 Å². The minimum atomic E-state index is -3.21. The first-order valence-corrected chi connectivity index (χ1v) is 11.1. The number of benzene rings is 1. The number of piperidine rings is 1. The van der Waals surface area contributed by atoms with Crippen molar-refractivity contribution in [3.8, 4) is 5.75 Å². The molecule has 138 valence electrons. The van der Waals surface area contributed by atoms with E-state index >= 15 is 0 Å². The molecule has 1 N–H and O–H groups in total. The maximum atomic E-state index is 12.7. The van der Waals surface area contributed by atoms with Gasteiger partial charge in [0.1, 0.15) is 5.75 Å². The highest BCUT2D eigenvalue weighted by atomic mass is 32.2. The first-order valence-electron chi connectivity index (χ1n) is 9.58. The van der Waals surface area contributed by atoms with E-state index in [9.17, 15) is 8.42 Å². The molecular formula is C19H28N2O3S. The Balaban J connectivity index is 1.38. The lowest BCUT2D eigenvalue weighted by Crippen LogP contribution is -2.48. The van der Waals surface area contributed by atoms with E-state index in [0.717, 1.165) is 70.4 Å². The first kappa shape index (κ1) is 17.3. The van der Waals surface area contributed by atoms with Crippen molar-refractivity contribution >= 4 is 10.0 Å². The molecular weight excluding hydrogens is 336 g/mol. The van der Waals surface area contributed by atoms with E-state index in [1.54, 1.807) is 0 Å². The molecule has 0 aromatic heterocycles. The Morgan fingerprint density at radius 3 is 2.84 bits per heavy atom. The Labute approximate surface area is 150 Å². The van der Waals surface area contributed by atoms with Crippen LogP contribution >= 0.6 is 0 Å². The topological polar surface area (TPSA) is 58.6 Å². The van der Waals surface area contributed by atoms with Crippen molar-refractivity contribution in [1.29, 1.82) is 0 Å². The minimum absolute atomic E-state index is 0.164. The van der Waals surface area contributed by atoms with E-state index < -0.39 is 10.0 Å². The molecule has 2 fully saturated rings. The van der Waals surface area contributed by atoms with Crippen LogP contribution in [0, 0.1) is 0 Å². The van der Waals surface area contributed by atoms with Gasteiger partial charge in [0.15, 0.2) is 0 Å². The molecule has 1 saturated heterocycles. The molecule has 1 aromatic carbocycles. The van der Waals surface area contributed by atoms with Gasteiger partial charge >= 0.3 is 0 Å². The summed E-state index contributed by atoms with van der Waals surface area (Å²) in [7, 11) is -3.21. The number of nitrogens with zero attached hydrogens (tertiary/aromatic N) is 1. The number of nitrogens with one attached hydrogen (secondary N) is 1.